The molecule has 110 valence electrons. The number of benzene rings is 1. The third kappa shape index (κ3) is 3.58. The van der Waals surface area contributed by atoms with Crippen molar-refractivity contribution in [2.45, 2.75) is 13.0 Å². The molecule has 0 saturated carbocycles. The van der Waals surface area contributed by atoms with Crippen LogP contribution in [0, 0.1) is 10.1 Å². The van der Waals surface area contributed by atoms with Crippen LogP contribution in [0.1, 0.15) is 18.5 Å². The van der Waals surface area contributed by atoms with Gasteiger partial charge in [-0.3, -0.25) is 10.1 Å². The number of nitrogens with zero attached hydrogens (tertiary/aromatic N) is 2. The molecule has 0 bridgehead atoms. The fraction of sp³-hybridized carbons (Fsp3) is 0.154. The smallest absolute Gasteiger partial charge is 0.271 e. The molecule has 1 heterocycles. The van der Waals surface area contributed by atoms with E-state index in [2.05, 4.69) is 36.8 Å². The number of rotatable bonds is 4. The van der Waals surface area contributed by atoms with Gasteiger partial charge in [0.15, 0.2) is 5.75 Å². The summed E-state index contributed by atoms with van der Waals surface area (Å²) in [6.45, 7) is 1.82. The average Bonchev–Trinajstić information content (AvgIpc) is 2.42. The first kappa shape index (κ1) is 15.9. The maximum atomic E-state index is 10.8. The molecule has 0 saturated heterocycles. The van der Waals surface area contributed by atoms with Gasteiger partial charge in [-0.05, 0) is 44.8 Å². The van der Waals surface area contributed by atoms with Crippen LogP contribution in [0.4, 0.5) is 5.69 Å². The van der Waals surface area contributed by atoms with Crippen molar-refractivity contribution in [1.82, 2.24) is 4.98 Å². The number of nitrogens with two attached hydrogens (primary N) is 1. The summed E-state index contributed by atoms with van der Waals surface area (Å²) in [6.07, 6.45) is 1.59. The third-order valence-electron chi connectivity index (χ3n) is 2.68. The highest BCUT2D eigenvalue weighted by atomic mass is 79.9. The number of pyridine rings is 1. The molecule has 1 aromatic carbocycles. The molecule has 1 aromatic heterocycles. The van der Waals surface area contributed by atoms with Gasteiger partial charge < -0.3 is 10.5 Å². The lowest BCUT2D eigenvalue weighted by Gasteiger charge is -2.14. The highest BCUT2D eigenvalue weighted by Crippen LogP contribution is 2.40. The molecule has 2 aromatic rings. The van der Waals surface area contributed by atoms with E-state index in [0.717, 1.165) is 5.56 Å². The van der Waals surface area contributed by atoms with Gasteiger partial charge >= 0.3 is 0 Å². The summed E-state index contributed by atoms with van der Waals surface area (Å²) < 4.78 is 6.66. The molecule has 0 unspecified atom stereocenters. The van der Waals surface area contributed by atoms with Crippen molar-refractivity contribution >= 4 is 37.5 Å². The first-order valence-corrected chi connectivity index (χ1v) is 7.50. The zero-order valence-electron chi connectivity index (χ0n) is 10.9. The molecule has 8 heteroatoms. The van der Waals surface area contributed by atoms with E-state index in [4.69, 9.17) is 10.5 Å². The lowest BCUT2D eigenvalue weighted by Crippen LogP contribution is -2.07. The zero-order valence-corrected chi connectivity index (χ0v) is 14.1. The van der Waals surface area contributed by atoms with Crippen LogP contribution in [0.5, 0.6) is 11.6 Å². The molecule has 2 rings (SSSR count). The average molecular weight is 417 g/mol. The summed E-state index contributed by atoms with van der Waals surface area (Å²) in [5.41, 5.74) is 6.57. The lowest BCUT2D eigenvalue weighted by molar-refractivity contribution is -0.385. The number of halogens is 2. The molecule has 21 heavy (non-hydrogen) atoms. The predicted molar refractivity (Wildman–Crippen MR) is 85.4 cm³/mol. The Morgan fingerprint density at radius 3 is 2.52 bits per heavy atom. The van der Waals surface area contributed by atoms with Gasteiger partial charge in [-0.2, -0.15) is 0 Å². The Balaban J connectivity index is 2.43. The van der Waals surface area contributed by atoms with E-state index in [9.17, 15) is 10.1 Å². The molecule has 2 N–H and O–H groups in total. The predicted octanol–water partition coefficient (Wildman–Crippen LogP) is 4.33. The number of hydrogen-bond donors (Lipinski definition) is 1. The van der Waals surface area contributed by atoms with Gasteiger partial charge in [-0.25, -0.2) is 4.98 Å². The third-order valence-corrected chi connectivity index (χ3v) is 3.86. The normalized spacial score (nSPS) is 12.0. The number of aromatic nitrogens is 1. The van der Waals surface area contributed by atoms with E-state index < -0.39 is 4.92 Å². The Bertz CT molecular complexity index is 669. The number of non-ortho nitro benzene ring substituents is 1. The number of nitro benzene ring substituents is 1. The van der Waals surface area contributed by atoms with Crippen molar-refractivity contribution in [2.75, 3.05) is 0 Å². The summed E-state index contributed by atoms with van der Waals surface area (Å²) in [6, 6.07) is 6.08. The van der Waals surface area contributed by atoms with Gasteiger partial charge in [0.1, 0.15) is 0 Å². The Kier molecular flexibility index (Phi) is 4.92. The minimum absolute atomic E-state index is 0.0467. The highest BCUT2D eigenvalue weighted by molar-refractivity contribution is 9.11. The van der Waals surface area contributed by atoms with Crippen LogP contribution >= 0.6 is 31.9 Å². The summed E-state index contributed by atoms with van der Waals surface area (Å²) in [7, 11) is 0. The first-order valence-electron chi connectivity index (χ1n) is 5.92. The maximum Gasteiger partial charge on any atom is 0.271 e. The van der Waals surface area contributed by atoms with Crippen molar-refractivity contribution in [3.8, 4) is 11.6 Å². The van der Waals surface area contributed by atoms with E-state index in [1.165, 1.54) is 12.1 Å². The van der Waals surface area contributed by atoms with E-state index in [0.29, 0.717) is 20.6 Å². The fourth-order valence-electron chi connectivity index (χ4n) is 1.68. The number of nitro groups is 1. The SMILES string of the molecule is C[C@@H](N)c1cccnc1Oc1c(Br)cc([N+](=O)[O-])cc1Br. The minimum atomic E-state index is -0.479. The molecular weight excluding hydrogens is 406 g/mol. The van der Waals surface area contributed by atoms with Crippen LogP contribution < -0.4 is 10.5 Å². The van der Waals surface area contributed by atoms with Crippen LogP contribution in [0.3, 0.4) is 0 Å². The second kappa shape index (κ2) is 6.50. The molecule has 6 nitrogen and oxygen atoms in total. The Labute approximate surface area is 137 Å². The Morgan fingerprint density at radius 2 is 2.00 bits per heavy atom. The number of hydrogen-bond acceptors (Lipinski definition) is 5. The maximum absolute atomic E-state index is 10.8. The second-order valence-corrected chi connectivity index (χ2v) is 5.99. The van der Waals surface area contributed by atoms with Crippen LogP contribution in [-0.4, -0.2) is 9.91 Å². The summed E-state index contributed by atoms with van der Waals surface area (Å²) in [5, 5.41) is 10.8. The van der Waals surface area contributed by atoms with Crippen LogP contribution in [0.2, 0.25) is 0 Å². The monoisotopic (exact) mass is 415 g/mol. The molecule has 0 aliphatic carbocycles. The first-order chi connectivity index (χ1) is 9.90. The molecule has 0 fully saturated rings. The molecule has 1 atom stereocenters. The van der Waals surface area contributed by atoms with Crippen molar-refractivity contribution in [3.63, 3.8) is 0 Å². The van der Waals surface area contributed by atoms with Crippen molar-refractivity contribution < 1.29 is 9.66 Å². The Hall–Kier alpha value is -1.51. The van der Waals surface area contributed by atoms with E-state index in [1.54, 1.807) is 12.3 Å². The summed E-state index contributed by atoms with van der Waals surface area (Å²) in [5.74, 6) is 0.768. The van der Waals surface area contributed by atoms with Gasteiger partial charge in [0.25, 0.3) is 5.69 Å². The fourth-order valence-corrected chi connectivity index (χ4v) is 3.01. The van der Waals surface area contributed by atoms with Gasteiger partial charge in [0, 0.05) is 29.9 Å². The molecule has 0 amide bonds. The van der Waals surface area contributed by atoms with Crippen molar-refractivity contribution in [2.24, 2.45) is 5.73 Å². The topological polar surface area (TPSA) is 91.3 Å². The molecule has 0 radical (unpaired) electrons. The van der Waals surface area contributed by atoms with Gasteiger partial charge in [-0.15, -0.1) is 0 Å². The van der Waals surface area contributed by atoms with Crippen LogP contribution in [-0.2, 0) is 0 Å². The second-order valence-electron chi connectivity index (χ2n) is 4.28. The zero-order chi connectivity index (χ0) is 15.6. The molecule has 0 aliphatic heterocycles. The van der Waals surface area contributed by atoms with E-state index in [1.807, 2.05) is 13.0 Å². The standard InChI is InChI=1S/C13H11Br2N3O3/c1-7(16)9-3-2-4-17-13(9)21-12-10(14)5-8(18(19)20)6-11(12)15/h2-7H,16H2,1H3/t7-/m1/s1. The Morgan fingerprint density at radius 1 is 1.38 bits per heavy atom. The minimum Gasteiger partial charge on any atom is -0.436 e. The molecule has 0 spiro atoms. The van der Waals surface area contributed by atoms with Gasteiger partial charge in [0.2, 0.25) is 5.88 Å². The van der Waals surface area contributed by atoms with E-state index in [-0.39, 0.29) is 11.7 Å². The van der Waals surface area contributed by atoms with Crippen molar-refractivity contribution in [1.29, 1.82) is 0 Å². The highest BCUT2D eigenvalue weighted by Gasteiger charge is 2.18. The van der Waals surface area contributed by atoms with E-state index >= 15 is 0 Å². The van der Waals surface area contributed by atoms with Crippen molar-refractivity contribution in [3.05, 3.63) is 55.1 Å². The van der Waals surface area contributed by atoms with Gasteiger partial charge in [-0.1, -0.05) is 6.07 Å². The lowest BCUT2D eigenvalue weighted by atomic mass is 10.1. The van der Waals surface area contributed by atoms with Gasteiger partial charge in [0.05, 0.1) is 13.9 Å². The quantitative estimate of drug-likeness (QED) is 0.591. The molecule has 0 aliphatic rings. The summed E-state index contributed by atoms with van der Waals surface area (Å²) in [4.78, 5) is 14.5. The number of ether oxygens (including phenoxy) is 1. The molecular formula is C13H11Br2N3O3. The summed E-state index contributed by atoms with van der Waals surface area (Å²) >= 11 is 6.53. The van der Waals surface area contributed by atoms with Crippen LogP contribution in [0.15, 0.2) is 39.4 Å². The largest absolute Gasteiger partial charge is 0.436 e. The van der Waals surface area contributed by atoms with Crippen LogP contribution in [0.25, 0.3) is 0 Å².